The third kappa shape index (κ3) is 4.51. The Hall–Kier alpha value is -2.45. The molecule has 0 unspecified atom stereocenters. The van der Waals surface area contributed by atoms with Gasteiger partial charge in [-0.05, 0) is 18.1 Å². The molecule has 0 aliphatic carbocycles. The number of halogens is 3. The zero-order valence-corrected chi connectivity index (χ0v) is 12.4. The molecule has 2 N–H and O–H groups in total. The van der Waals surface area contributed by atoms with Crippen molar-refractivity contribution in [2.75, 3.05) is 0 Å². The number of amides is 1. The summed E-state index contributed by atoms with van der Waals surface area (Å²) in [5, 5.41) is 16.0. The topological polar surface area (TPSA) is 83.6 Å². The zero-order valence-electron chi connectivity index (χ0n) is 12.4. The van der Waals surface area contributed by atoms with E-state index in [1.807, 2.05) is 6.92 Å². The summed E-state index contributed by atoms with van der Waals surface area (Å²) in [6.45, 7) is 1.91. The van der Waals surface area contributed by atoms with Crippen LogP contribution in [0.15, 0.2) is 24.3 Å². The fourth-order valence-electron chi connectivity index (χ4n) is 2.24. The van der Waals surface area contributed by atoms with Crippen LogP contribution in [0, 0.1) is 0 Å². The number of H-pyrrole nitrogens is 1. The molecule has 6 nitrogen and oxygen atoms in total. The Kier molecular flexibility index (Phi) is 5.30. The van der Waals surface area contributed by atoms with Gasteiger partial charge in [0.25, 0.3) is 0 Å². The molecule has 124 valence electrons. The second kappa shape index (κ2) is 7.21. The van der Waals surface area contributed by atoms with Gasteiger partial charge in [-0.1, -0.05) is 36.8 Å². The van der Waals surface area contributed by atoms with Crippen LogP contribution in [0.5, 0.6) is 0 Å². The van der Waals surface area contributed by atoms with Crippen LogP contribution in [-0.2, 0) is 17.4 Å². The summed E-state index contributed by atoms with van der Waals surface area (Å²) < 4.78 is 38.8. The minimum atomic E-state index is -4.49. The number of alkyl halides is 3. The smallest absolute Gasteiger partial charge is 0.346 e. The molecule has 2 aromatic rings. The first-order valence-corrected chi connectivity index (χ1v) is 7.09. The van der Waals surface area contributed by atoms with Crippen molar-refractivity contribution in [3.63, 3.8) is 0 Å². The van der Waals surface area contributed by atoms with Crippen LogP contribution < -0.4 is 5.32 Å². The van der Waals surface area contributed by atoms with E-state index in [4.69, 9.17) is 0 Å². The van der Waals surface area contributed by atoms with E-state index in [0.717, 1.165) is 12.5 Å². The standard InChI is InChI=1S/C14H16F3N5O/c1-2-5-11(13-19-21-22-20-13)18-12(23)8-9-6-3-4-7-10(9)14(15,16)17/h3-4,6-7,11H,2,5,8H2,1H3,(H,18,23)(H,19,20,21,22)/t11-/m1/s1. The Morgan fingerprint density at radius 3 is 2.70 bits per heavy atom. The highest BCUT2D eigenvalue weighted by Gasteiger charge is 2.33. The molecular formula is C14H16F3N5O. The first-order chi connectivity index (χ1) is 10.9. The molecule has 0 fully saturated rings. The molecule has 1 atom stereocenters. The first-order valence-electron chi connectivity index (χ1n) is 7.09. The molecule has 1 heterocycles. The molecule has 0 spiro atoms. The van der Waals surface area contributed by atoms with Crippen LogP contribution in [0.25, 0.3) is 0 Å². The second-order valence-electron chi connectivity index (χ2n) is 5.01. The van der Waals surface area contributed by atoms with Crippen LogP contribution in [0.1, 0.15) is 42.8 Å². The average molecular weight is 327 g/mol. The molecular weight excluding hydrogens is 311 g/mol. The maximum atomic E-state index is 12.9. The van der Waals surface area contributed by atoms with Gasteiger partial charge in [-0.25, -0.2) is 0 Å². The van der Waals surface area contributed by atoms with Crippen LogP contribution >= 0.6 is 0 Å². The summed E-state index contributed by atoms with van der Waals surface area (Å²) in [4.78, 5) is 12.1. The van der Waals surface area contributed by atoms with Gasteiger partial charge >= 0.3 is 6.18 Å². The third-order valence-electron chi connectivity index (χ3n) is 3.26. The summed E-state index contributed by atoms with van der Waals surface area (Å²) in [5.74, 6) is -0.214. The quantitative estimate of drug-likeness (QED) is 0.853. The van der Waals surface area contributed by atoms with Crippen molar-refractivity contribution in [2.24, 2.45) is 0 Å². The van der Waals surface area contributed by atoms with Crippen molar-refractivity contribution >= 4 is 5.91 Å². The average Bonchev–Trinajstić information content (AvgIpc) is 3.00. The number of tetrazole rings is 1. The number of benzene rings is 1. The molecule has 0 bridgehead atoms. The van der Waals surface area contributed by atoms with Crippen LogP contribution in [-0.4, -0.2) is 26.5 Å². The lowest BCUT2D eigenvalue weighted by Gasteiger charge is -2.16. The van der Waals surface area contributed by atoms with Crippen LogP contribution in [0.4, 0.5) is 13.2 Å². The molecule has 1 aromatic carbocycles. The highest BCUT2D eigenvalue weighted by Crippen LogP contribution is 2.32. The number of hydrogen-bond donors (Lipinski definition) is 2. The minimum Gasteiger partial charge on any atom is -0.346 e. The van der Waals surface area contributed by atoms with Crippen molar-refractivity contribution in [1.82, 2.24) is 25.9 Å². The number of nitrogens with zero attached hydrogens (tertiary/aromatic N) is 3. The SMILES string of the molecule is CCC[C@@H](NC(=O)Cc1ccccc1C(F)(F)F)c1nn[nH]n1. The van der Waals surface area contributed by atoms with E-state index in [2.05, 4.69) is 25.9 Å². The van der Waals surface area contributed by atoms with Gasteiger partial charge in [0.15, 0.2) is 5.82 Å². The number of hydrogen-bond acceptors (Lipinski definition) is 4. The van der Waals surface area contributed by atoms with Gasteiger partial charge in [0, 0.05) is 0 Å². The predicted octanol–water partition coefficient (Wildman–Crippen LogP) is 2.42. The maximum absolute atomic E-state index is 12.9. The molecule has 0 radical (unpaired) electrons. The van der Waals surface area contributed by atoms with E-state index < -0.39 is 23.7 Å². The maximum Gasteiger partial charge on any atom is 0.416 e. The van der Waals surface area contributed by atoms with E-state index in [0.29, 0.717) is 12.2 Å². The number of carbonyl (C=O) groups excluding carboxylic acids is 1. The summed E-state index contributed by atoms with van der Waals surface area (Å²) in [5.41, 5.74) is -0.873. The van der Waals surface area contributed by atoms with Gasteiger partial charge in [-0.3, -0.25) is 4.79 Å². The van der Waals surface area contributed by atoms with E-state index in [1.54, 1.807) is 0 Å². The molecule has 0 aliphatic heterocycles. The molecule has 2 rings (SSSR count). The summed E-state index contributed by atoms with van der Waals surface area (Å²) in [6.07, 6.45) is -3.55. The number of nitrogens with one attached hydrogen (secondary N) is 2. The molecule has 0 saturated carbocycles. The summed E-state index contributed by atoms with van der Waals surface area (Å²) >= 11 is 0. The van der Waals surface area contributed by atoms with Gasteiger partial charge in [0.05, 0.1) is 18.0 Å². The highest BCUT2D eigenvalue weighted by molar-refractivity contribution is 5.79. The van der Waals surface area contributed by atoms with Crippen molar-refractivity contribution in [3.05, 3.63) is 41.2 Å². The number of carbonyl (C=O) groups is 1. The molecule has 0 saturated heterocycles. The lowest BCUT2D eigenvalue weighted by atomic mass is 10.0. The van der Waals surface area contributed by atoms with E-state index in [1.165, 1.54) is 18.2 Å². The molecule has 9 heteroatoms. The van der Waals surface area contributed by atoms with E-state index in [-0.39, 0.29) is 12.0 Å². The number of aromatic amines is 1. The van der Waals surface area contributed by atoms with Crippen LogP contribution in [0.2, 0.25) is 0 Å². The van der Waals surface area contributed by atoms with E-state index >= 15 is 0 Å². The lowest BCUT2D eigenvalue weighted by Crippen LogP contribution is -2.31. The Morgan fingerprint density at radius 1 is 1.35 bits per heavy atom. The molecule has 0 aliphatic rings. The van der Waals surface area contributed by atoms with E-state index in [9.17, 15) is 18.0 Å². The molecule has 1 amide bonds. The van der Waals surface area contributed by atoms with Gasteiger partial charge in [0.2, 0.25) is 5.91 Å². The lowest BCUT2D eigenvalue weighted by molar-refractivity contribution is -0.138. The first kappa shape index (κ1) is 16.9. The van der Waals surface area contributed by atoms with Crippen LogP contribution in [0.3, 0.4) is 0 Å². The Bertz CT molecular complexity index is 642. The zero-order chi connectivity index (χ0) is 16.9. The Morgan fingerprint density at radius 2 is 2.09 bits per heavy atom. The molecule has 23 heavy (non-hydrogen) atoms. The normalized spacial score (nSPS) is 12.9. The number of aromatic nitrogens is 4. The van der Waals surface area contributed by atoms with Crippen molar-refractivity contribution in [3.8, 4) is 0 Å². The summed E-state index contributed by atoms with van der Waals surface area (Å²) in [6, 6.07) is 4.55. The van der Waals surface area contributed by atoms with Gasteiger partial charge in [-0.15, -0.1) is 10.2 Å². The van der Waals surface area contributed by atoms with Gasteiger partial charge in [0.1, 0.15) is 0 Å². The van der Waals surface area contributed by atoms with Crippen molar-refractivity contribution < 1.29 is 18.0 Å². The van der Waals surface area contributed by atoms with Gasteiger partial charge in [-0.2, -0.15) is 18.4 Å². The van der Waals surface area contributed by atoms with Crippen molar-refractivity contribution in [1.29, 1.82) is 0 Å². The molecule has 1 aromatic heterocycles. The summed E-state index contributed by atoms with van der Waals surface area (Å²) in [7, 11) is 0. The Labute approximate surface area is 130 Å². The number of rotatable bonds is 6. The Balaban J connectivity index is 2.10. The fourth-order valence-corrected chi connectivity index (χ4v) is 2.24. The fraction of sp³-hybridized carbons (Fsp3) is 0.429. The van der Waals surface area contributed by atoms with Crippen molar-refractivity contribution in [2.45, 2.75) is 38.4 Å². The second-order valence-corrected chi connectivity index (χ2v) is 5.01. The monoisotopic (exact) mass is 327 g/mol. The predicted molar refractivity (Wildman–Crippen MR) is 75.1 cm³/mol. The largest absolute Gasteiger partial charge is 0.416 e. The highest BCUT2D eigenvalue weighted by atomic mass is 19.4. The van der Waals surface area contributed by atoms with Gasteiger partial charge < -0.3 is 5.32 Å². The third-order valence-corrected chi connectivity index (χ3v) is 3.26. The minimum absolute atomic E-state index is 0.0686.